The predicted octanol–water partition coefficient (Wildman–Crippen LogP) is 0.999. The zero-order valence-electron chi connectivity index (χ0n) is 8.83. The normalized spacial score (nSPS) is 35.5. The van der Waals surface area contributed by atoms with Crippen molar-refractivity contribution in [3.63, 3.8) is 0 Å². The van der Waals surface area contributed by atoms with Crippen molar-refractivity contribution in [2.24, 2.45) is 22.5 Å². The van der Waals surface area contributed by atoms with E-state index in [1.165, 1.54) is 0 Å². The average Bonchev–Trinajstić information content (AvgIpc) is 2.24. The standard InChI is InChI=1S/C10H17NO3/c1-9(2)6(7(12)13)4-5-10(9,3)8(11)14/h6H,4-5H2,1-3H3,(H2,11,14)(H,12,13)/t6-,10+/m0/s1. The van der Waals surface area contributed by atoms with Crippen LogP contribution in [-0.2, 0) is 9.59 Å². The van der Waals surface area contributed by atoms with Gasteiger partial charge in [0.25, 0.3) is 0 Å². The van der Waals surface area contributed by atoms with Gasteiger partial charge in [0.2, 0.25) is 5.91 Å². The van der Waals surface area contributed by atoms with Crippen molar-refractivity contribution in [2.75, 3.05) is 0 Å². The maximum atomic E-state index is 11.3. The van der Waals surface area contributed by atoms with Gasteiger partial charge in [-0.3, -0.25) is 9.59 Å². The maximum Gasteiger partial charge on any atom is 0.307 e. The number of hydrogen-bond donors (Lipinski definition) is 2. The van der Waals surface area contributed by atoms with Gasteiger partial charge < -0.3 is 10.8 Å². The lowest BCUT2D eigenvalue weighted by Crippen LogP contribution is -2.45. The van der Waals surface area contributed by atoms with E-state index in [4.69, 9.17) is 10.8 Å². The minimum atomic E-state index is -0.833. The molecule has 4 heteroatoms. The number of hydrogen-bond acceptors (Lipinski definition) is 2. The summed E-state index contributed by atoms with van der Waals surface area (Å²) in [4.78, 5) is 22.3. The Morgan fingerprint density at radius 2 is 1.86 bits per heavy atom. The highest BCUT2D eigenvalue weighted by molar-refractivity contribution is 5.84. The molecule has 0 aliphatic heterocycles. The molecule has 3 N–H and O–H groups in total. The maximum absolute atomic E-state index is 11.3. The first kappa shape index (κ1) is 11.0. The van der Waals surface area contributed by atoms with Gasteiger partial charge in [0.1, 0.15) is 0 Å². The fourth-order valence-electron chi connectivity index (χ4n) is 2.37. The van der Waals surface area contributed by atoms with Crippen molar-refractivity contribution >= 4 is 11.9 Å². The van der Waals surface area contributed by atoms with Gasteiger partial charge in [-0.1, -0.05) is 20.8 Å². The van der Waals surface area contributed by atoms with Gasteiger partial charge in [-0.15, -0.1) is 0 Å². The number of carbonyl (C=O) groups is 2. The molecular weight excluding hydrogens is 182 g/mol. The molecule has 0 spiro atoms. The van der Waals surface area contributed by atoms with Crippen LogP contribution in [0.4, 0.5) is 0 Å². The van der Waals surface area contributed by atoms with Crippen molar-refractivity contribution in [3.05, 3.63) is 0 Å². The Bertz CT molecular complexity index is 285. The van der Waals surface area contributed by atoms with Crippen molar-refractivity contribution < 1.29 is 14.7 Å². The van der Waals surface area contributed by atoms with Crippen molar-refractivity contribution in [1.29, 1.82) is 0 Å². The van der Waals surface area contributed by atoms with Crippen LogP contribution < -0.4 is 5.73 Å². The molecule has 2 atom stereocenters. The second-order valence-electron chi connectivity index (χ2n) is 4.85. The van der Waals surface area contributed by atoms with E-state index < -0.39 is 28.6 Å². The van der Waals surface area contributed by atoms with E-state index in [0.717, 1.165) is 0 Å². The first-order valence-electron chi connectivity index (χ1n) is 4.76. The highest BCUT2D eigenvalue weighted by atomic mass is 16.4. The number of carboxylic acids is 1. The molecule has 0 unspecified atom stereocenters. The predicted molar refractivity (Wildman–Crippen MR) is 51.4 cm³/mol. The van der Waals surface area contributed by atoms with Crippen LogP contribution in [0.3, 0.4) is 0 Å². The van der Waals surface area contributed by atoms with Crippen molar-refractivity contribution in [1.82, 2.24) is 0 Å². The molecule has 1 aliphatic carbocycles. The lowest BCUT2D eigenvalue weighted by Gasteiger charge is -2.37. The number of carboxylic acid groups (broad SMARTS) is 1. The van der Waals surface area contributed by atoms with E-state index in [2.05, 4.69) is 0 Å². The molecule has 1 saturated carbocycles. The molecule has 14 heavy (non-hydrogen) atoms. The highest BCUT2D eigenvalue weighted by Crippen LogP contribution is 2.55. The molecule has 80 valence electrons. The monoisotopic (exact) mass is 199 g/mol. The first-order chi connectivity index (χ1) is 6.23. The van der Waals surface area contributed by atoms with Gasteiger partial charge in [-0.2, -0.15) is 0 Å². The molecule has 0 saturated heterocycles. The summed E-state index contributed by atoms with van der Waals surface area (Å²) >= 11 is 0. The van der Waals surface area contributed by atoms with Crippen LogP contribution in [0.5, 0.6) is 0 Å². The minimum Gasteiger partial charge on any atom is -0.481 e. The molecule has 1 aliphatic rings. The summed E-state index contributed by atoms with van der Waals surface area (Å²) in [6.07, 6.45) is 1.09. The SMILES string of the molecule is CC1(C)[C@H](C(=O)O)CC[C@]1(C)C(N)=O. The third-order valence-corrected chi connectivity index (χ3v) is 4.07. The van der Waals surface area contributed by atoms with Crippen LogP contribution in [0.25, 0.3) is 0 Å². The number of rotatable bonds is 2. The van der Waals surface area contributed by atoms with E-state index in [1.54, 1.807) is 6.92 Å². The number of primary amides is 1. The third kappa shape index (κ3) is 1.21. The van der Waals surface area contributed by atoms with Gasteiger partial charge >= 0.3 is 5.97 Å². The van der Waals surface area contributed by atoms with Crippen molar-refractivity contribution in [2.45, 2.75) is 33.6 Å². The van der Waals surface area contributed by atoms with Crippen LogP contribution in [0, 0.1) is 16.7 Å². The van der Waals surface area contributed by atoms with Gasteiger partial charge in [-0.25, -0.2) is 0 Å². The molecule has 1 rings (SSSR count). The molecule has 0 aromatic carbocycles. The van der Waals surface area contributed by atoms with Gasteiger partial charge in [-0.05, 0) is 18.3 Å². The Kier molecular flexibility index (Phi) is 2.34. The fourth-order valence-corrected chi connectivity index (χ4v) is 2.37. The zero-order valence-corrected chi connectivity index (χ0v) is 8.83. The molecule has 0 aromatic rings. The molecule has 0 bridgehead atoms. The number of carbonyl (C=O) groups excluding carboxylic acids is 1. The van der Waals surface area contributed by atoms with E-state index in [0.29, 0.717) is 12.8 Å². The summed E-state index contributed by atoms with van der Waals surface area (Å²) in [5.41, 5.74) is 4.07. The van der Waals surface area contributed by atoms with Crippen LogP contribution >= 0.6 is 0 Å². The molecule has 1 fully saturated rings. The lowest BCUT2D eigenvalue weighted by atomic mass is 9.65. The number of amides is 1. The lowest BCUT2D eigenvalue weighted by molar-refractivity contribution is -0.148. The van der Waals surface area contributed by atoms with Gasteiger partial charge in [0, 0.05) is 0 Å². The van der Waals surface area contributed by atoms with E-state index in [1.807, 2.05) is 13.8 Å². The quantitative estimate of drug-likeness (QED) is 0.696. The van der Waals surface area contributed by atoms with Crippen LogP contribution in [-0.4, -0.2) is 17.0 Å². The molecule has 0 aromatic heterocycles. The van der Waals surface area contributed by atoms with E-state index >= 15 is 0 Å². The summed E-state index contributed by atoms with van der Waals surface area (Å²) < 4.78 is 0. The molecule has 0 heterocycles. The highest BCUT2D eigenvalue weighted by Gasteiger charge is 2.57. The minimum absolute atomic E-state index is 0.397. The Labute approximate surface area is 83.5 Å². The molecule has 4 nitrogen and oxygen atoms in total. The van der Waals surface area contributed by atoms with E-state index in [9.17, 15) is 9.59 Å². The second-order valence-corrected chi connectivity index (χ2v) is 4.85. The summed E-state index contributed by atoms with van der Waals surface area (Å²) in [5.74, 6) is -1.70. The topological polar surface area (TPSA) is 80.4 Å². The summed E-state index contributed by atoms with van der Waals surface area (Å²) in [6.45, 7) is 5.38. The van der Waals surface area contributed by atoms with Crippen LogP contribution in [0.2, 0.25) is 0 Å². The zero-order chi connectivity index (χ0) is 11.1. The molecular formula is C10H17NO3. The summed E-state index contributed by atoms with van der Waals surface area (Å²) in [7, 11) is 0. The van der Waals surface area contributed by atoms with Crippen LogP contribution in [0.1, 0.15) is 33.6 Å². The Morgan fingerprint density at radius 1 is 1.36 bits per heavy atom. The molecule has 1 amide bonds. The molecule has 0 radical (unpaired) electrons. The smallest absolute Gasteiger partial charge is 0.307 e. The third-order valence-electron chi connectivity index (χ3n) is 4.07. The largest absolute Gasteiger partial charge is 0.481 e. The first-order valence-corrected chi connectivity index (χ1v) is 4.76. The average molecular weight is 199 g/mol. The second kappa shape index (κ2) is 2.97. The van der Waals surface area contributed by atoms with Crippen molar-refractivity contribution in [3.8, 4) is 0 Å². The number of nitrogens with two attached hydrogens (primary N) is 1. The summed E-state index contributed by atoms with van der Waals surface area (Å²) in [5, 5.41) is 9.01. The summed E-state index contributed by atoms with van der Waals surface area (Å²) in [6, 6.07) is 0. The van der Waals surface area contributed by atoms with Crippen LogP contribution in [0.15, 0.2) is 0 Å². The Morgan fingerprint density at radius 3 is 2.07 bits per heavy atom. The fraction of sp³-hybridized carbons (Fsp3) is 0.800. The Hall–Kier alpha value is -1.06. The van der Waals surface area contributed by atoms with Gasteiger partial charge in [0.05, 0.1) is 11.3 Å². The van der Waals surface area contributed by atoms with Gasteiger partial charge in [0.15, 0.2) is 0 Å². The van der Waals surface area contributed by atoms with E-state index in [-0.39, 0.29) is 0 Å². The number of aliphatic carboxylic acids is 1. The Balaban J connectivity index is 3.08.